The van der Waals surface area contributed by atoms with E-state index in [9.17, 15) is 9.59 Å². The molecule has 1 saturated carbocycles. The molecule has 1 atom stereocenters. The van der Waals surface area contributed by atoms with Crippen LogP contribution in [0.2, 0.25) is 0 Å². The maximum Gasteiger partial charge on any atom is 0.242 e. The number of carbonyl (C=O) groups is 2. The van der Waals surface area contributed by atoms with E-state index in [0.29, 0.717) is 16.8 Å². The lowest BCUT2D eigenvalue weighted by atomic mass is 9.95. The Bertz CT molecular complexity index is 922. The molecule has 2 amide bonds. The van der Waals surface area contributed by atoms with Gasteiger partial charge < -0.3 is 5.32 Å². The van der Waals surface area contributed by atoms with Crippen molar-refractivity contribution in [2.24, 2.45) is 4.99 Å². The lowest BCUT2D eigenvalue weighted by Gasteiger charge is -2.23. The SMILES string of the molecule is CCN1C(=O)C(CC(=O)NC2CCCCC2)S/C1=N/c1nc(-c2ccccc2)cs1. The van der Waals surface area contributed by atoms with E-state index in [-0.39, 0.29) is 24.3 Å². The van der Waals surface area contributed by atoms with E-state index in [1.165, 1.54) is 42.4 Å². The molecule has 0 spiro atoms. The normalized spacial score (nSPS) is 21.4. The maximum atomic E-state index is 12.8. The molecule has 2 aliphatic rings. The van der Waals surface area contributed by atoms with Crippen LogP contribution >= 0.6 is 23.1 Å². The maximum absolute atomic E-state index is 12.8. The van der Waals surface area contributed by atoms with Crippen molar-refractivity contribution in [1.82, 2.24) is 15.2 Å². The third kappa shape index (κ3) is 4.92. The van der Waals surface area contributed by atoms with Crippen LogP contribution in [0.5, 0.6) is 0 Å². The highest BCUT2D eigenvalue weighted by molar-refractivity contribution is 8.15. The standard InChI is InChI=1S/C22H26N4O2S2/c1-2-26-20(28)18(13-19(27)23-16-11-7-4-8-12-16)30-22(26)25-21-24-17(14-29-21)15-9-5-3-6-10-15/h3,5-6,9-10,14,16,18H,2,4,7-8,11-13H2,1H3,(H,23,27)/b25-22+. The molecule has 0 bridgehead atoms. The van der Waals surface area contributed by atoms with E-state index in [1.54, 1.807) is 4.90 Å². The minimum atomic E-state index is -0.416. The fraction of sp³-hybridized carbons (Fsp3) is 0.455. The van der Waals surface area contributed by atoms with Crippen molar-refractivity contribution < 1.29 is 9.59 Å². The van der Waals surface area contributed by atoms with Crippen molar-refractivity contribution in [1.29, 1.82) is 0 Å². The smallest absolute Gasteiger partial charge is 0.242 e. The Morgan fingerprint density at radius 2 is 2.00 bits per heavy atom. The highest BCUT2D eigenvalue weighted by Gasteiger charge is 2.38. The molecule has 2 heterocycles. The van der Waals surface area contributed by atoms with Gasteiger partial charge in [-0.15, -0.1) is 11.3 Å². The first kappa shape index (κ1) is 21.1. The summed E-state index contributed by atoms with van der Waals surface area (Å²) in [5.74, 6) is -0.0782. The summed E-state index contributed by atoms with van der Waals surface area (Å²) in [6.07, 6.45) is 5.86. The molecule has 1 N–H and O–H groups in total. The number of hydrogen-bond acceptors (Lipinski definition) is 6. The van der Waals surface area contributed by atoms with E-state index >= 15 is 0 Å². The molecule has 6 nitrogen and oxygen atoms in total. The van der Waals surface area contributed by atoms with Crippen LogP contribution in [0.15, 0.2) is 40.7 Å². The number of aromatic nitrogens is 1. The molecule has 0 radical (unpaired) electrons. The second-order valence-corrected chi connectivity index (χ2v) is 9.58. The number of aliphatic imine (C=N–C) groups is 1. The van der Waals surface area contributed by atoms with E-state index in [1.807, 2.05) is 42.6 Å². The van der Waals surface area contributed by atoms with Crippen molar-refractivity contribution >= 4 is 45.2 Å². The van der Waals surface area contributed by atoms with Gasteiger partial charge in [-0.2, -0.15) is 4.99 Å². The van der Waals surface area contributed by atoms with Crippen LogP contribution in [0.25, 0.3) is 11.3 Å². The number of nitrogens with zero attached hydrogens (tertiary/aromatic N) is 3. The number of thioether (sulfide) groups is 1. The van der Waals surface area contributed by atoms with Gasteiger partial charge in [0.05, 0.1) is 5.69 Å². The summed E-state index contributed by atoms with van der Waals surface area (Å²) < 4.78 is 0. The molecular weight excluding hydrogens is 416 g/mol. The van der Waals surface area contributed by atoms with Crippen molar-refractivity contribution in [3.63, 3.8) is 0 Å². The molecule has 4 rings (SSSR count). The average Bonchev–Trinajstić information content (AvgIpc) is 3.34. The number of amides is 2. The van der Waals surface area contributed by atoms with Crippen LogP contribution in [0.1, 0.15) is 45.4 Å². The van der Waals surface area contributed by atoms with Gasteiger partial charge in [0.15, 0.2) is 5.17 Å². The van der Waals surface area contributed by atoms with Crippen molar-refractivity contribution in [3.05, 3.63) is 35.7 Å². The molecule has 1 aromatic carbocycles. The van der Waals surface area contributed by atoms with Gasteiger partial charge in [0.25, 0.3) is 0 Å². The number of thiazole rings is 1. The monoisotopic (exact) mass is 442 g/mol. The third-order valence-electron chi connectivity index (χ3n) is 5.43. The Morgan fingerprint density at radius 1 is 1.23 bits per heavy atom. The van der Waals surface area contributed by atoms with E-state index in [0.717, 1.165) is 24.1 Å². The second kappa shape index (κ2) is 9.75. The number of hydrogen-bond donors (Lipinski definition) is 1. The molecule has 8 heteroatoms. The van der Waals surface area contributed by atoms with E-state index < -0.39 is 5.25 Å². The van der Waals surface area contributed by atoms with Crippen LogP contribution in [-0.4, -0.2) is 44.7 Å². The lowest BCUT2D eigenvalue weighted by molar-refractivity contribution is -0.129. The highest BCUT2D eigenvalue weighted by atomic mass is 32.2. The van der Waals surface area contributed by atoms with Gasteiger partial charge in [-0.1, -0.05) is 61.4 Å². The summed E-state index contributed by atoms with van der Waals surface area (Å²) in [6, 6.07) is 10.2. The first-order valence-corrected chi connectivity index (χ1v) is 12.3. The van der Waals surface area contributed by atoms with Crippen molar-refractivity contribution in [2.75, 3.05) is 6.54 Å². The van der Waals surface area contributed by atoms with Gasteiger partial charge in [-0.05, 0) is 19.8 Å². The van der Waals surface area contributed by atoms with Crippen molar-refractivity contribution in [3.8, 4) is 11.3 Å². The second-order valence-electron chi connectivity index (χ2n) is 7.57. The Balaban J connectivity index is 1.43. The Kier molecular flexibility index (Phi) is 6.84. The highest BCUT2D eigenvalue weighted by Crippen LogP contribution is 2.33. The fourth-order valence-electron chi connectivity index (χ4n) is 3.86. The van der Waals surface area contributed by atoms with Gasteiger partial charge in [0.1, 0.15) is 5.25 Å². The number of benzene rings is 1. The zero-order valence-electron chi connectivity index (χ0n) is 17.0. The Hall–Kier alpha value is -2.19. The zero-order chi connectivity index (χ0) is 20.9. The molecule has 158 valence electrons. The average molecular weight is 443 g/mol. The molecule has 1 aromatic heterocycles. The predicted molar refractivity (Wildman–Crippen MR) is 123 cm³/mol. The first-order valence-electron chi connectivity index (χ1n) is 10.5. The lowest BCUT2D eigenvalue weighted by Crippen LogP contribution is -2.39. The first-order chi connectivity index (χ1) is 14.6. The number of nitrogens with one attached hydrogen (secondary N) is 1. The van der Waals surface area contributed by atoms with Gasteiger partial charge in [0.2, 0.25) is 16.9 Å². The summed E-state index contributed by atoms with van der Waals surface area (Å²) in [7, 11) is 0. The predicted octanol–water partition coefficient (Wildman–Crippen LogP) is 4.60. The largest absolute Gasteiger partial charge is 0.353 e. The van der Waals surface area contributed by atoms with Crippen LogP contribution in [0, 0.1) is 0 Å². The van der Waals surface area contributed by atoms with Crippen molar-refractivity contribution in [2.45, 2.75) is 56.7 Å². The quantitative estimate of drug-likeness (QED) is 0.709. The number of rotatable bonds is 6. The summed E-state index contributed by atoms with van der Waals surface area (Å²) in [4.78, 5) is 36.2. The molecular formula is C22H26N4O2S2. The van der Waals surface area contributed by atoms with Gasteiger partial charge in [-0.3, -0.25) is 14.5 Å². The van der Waals surface area contributed by atoms with E-state index in [2.05, 4.69) is 15.3 Å². The summed E-state index contributed by atoms with van der Waals surface area (Å²) >= 11 is 2.83. The number of carbonyl (C=O) groups excluding carboxylic acids is 2. The Morgan fingerprint density at radius 3 is 2.73 bits per heavy atom. The molecule has 2 fully saturated rings. The minimum Gasteiger partial charge on any atom is -0.353 e. The van der Waals surface area contributed by atoms with Gasteiger partial charge in [-0.25, -0.2) is 4.98 Å². The summed E-state index contributed by atoms with van der Waals surface area (Å²) in [6.45, 7) is 2.46. The topological polar surface area (TPSA) is 74.7 Å². The zero-order valence-corrected chi connectivity index (χ0v) is 18.7. The van der Waals surface area contributed by atoms with Gasteiger partial charge >= 0.3 is 0 Å². The van der Waals surface area contributed by atoms with Crippen LogP contribution in [-0.2, 0) is 9.59 Å². The van der Waals surface area contributed by atoms with Crippen LogP contribution < -0.4 is 5.32 Å². The fourth-order valence-corrected chi connectivity index (χ4v) is 5.81. The Labute approximate surface area is 185 Å². The third-order valence-corrected chi connectivity index (χ3v) is 7.34. The van der Waals surface area contributed by atoms with Gasteiger partial charge in [0, 0.05) is 30.0 Å². The molecule has 1 aliphatic carbocycles. The minimum absolute atomic E-state index is 0.0364. The van der Waals surface area contributed by atoms with E-state index in [4.69, 9.17) is 0 Å². The van der Waals surface area contributed by atoms with Crippen LogP contribution in [0.3, 0.4) is 0 Å². The molecule has 1 unspecified atom stereocenters. The molecule has 2 aromatic rings. The summed E-state index contributed by atoms with van der Waals surface area (Å²) in [5.41, 5.74) is 1.92. The molecule has 1 saturated heterocycles. The molecule has 30 heavy (non-hydrogen) atoms. The number of amidine groups is 1. The van der Waals surface area contributed by atoms with Crippen LogP contribution in [0.4, 0.5) is 5.13 Å². The summed E-state index contributed by atoms with van der Waals surface area (Å²) in [5, 5.41) is 5.92. The molecule has 1 aliphatic heterocycles.